The summed E-state index contributed by atoms with van der Waals surface area (Å²) in [4.78, 5) is 15.2. The highest BCUT2D eigenvalue weighted by atomic mass is 17.1. The summed E-state index contributed by atoms with van der Waals surface area (Å²) in [6.45, 7) is 2.68. The van der Waals surface area contributed by atoms with Gasteiger partial charge in [0.25, 0.3) is 0 Å². The van der Waals surface area contributed by atoms with Crippen LogP contribution in [0.1, 0.15) is 25.5 Å². The van der Waals surface area contributed by atoms with E-state index in [1.54, 1.807) is 0 Å². The molecule has 2 rings (SSSR count). The van der Waals surface area contributed by atoms with Gasteiger partial charge in [0.2, 0.25) is 0 Å². The molecule has 4 N–H and O–H groups in total. The third-order valence-electron chi connectivity index (χ3n) is 3.18. The molecule has 0 aliphatic heterocycles. The first kappa shape index (κ1) is 15.5. The highest BCUT2D eigenvalue weighted by Crippen LogP contribution is 2.34. The zero-order chi connectivity index (χ0) is 15.8. The van der Waals surface area contributed by atoms with Gasteiger partial charge in [0.05, 0.1) is 5.60 Å². The van der Waals surface area contributed by atoms with Gasteiger partial charge in [-0.3, -0.25) is 5.26 Å². The van der Waals surface area contributed by atoms with Gasteiger partial charge in [0, 0.05) is 23.1 Å². The van der Waals surface area contributed by atoms with E-state index in [1.165, 1.54) is 38.1 Å². The zero-order valence-electron chi connectivity index (χ0n) is 11.5. The Bertz CT molecular complexity index is 699. The van der Waals surface area contributed by atoms with Crippen LogP contribution < -0.4 is 5.63 Å². The van der Waals surface area contributed by atoms with Crippen molar-refractivity contribution >= 4 is 11.0 Å². The van der Waals surface area contributed by atoms with Gasteiger partial charge >= 0.3 is 5.63 Å². The number of rotatable bonds is 4. The molecule has 0 saturated carbocycles. The topological polar surface area (TPSA) is 120 Å². The van der Waals surface area contributed by atoms with Crippen LogP contribution in [0.2, 0.25) is 0 Å². The van der Waals surface area contributed by atoms with Crippen LogP contribution >= 0.6 is 0 Å². The monoisotopic (exact) mass is 296 g/mol. The lowest BCUT2D eigenvalue weighted by Gasteiger charge is -2.30. The number of phenols is 1. The van der Waals surface area contributed by atoms with E-state index in [0.29, 0.717) is 5.39 Å². The Kier molecular flexibility index (Phi) is 4.02. The molecule has 7 nitrogen and oxygen atoms in total. The number of benzene rings is 1. The molecule has 0 amide bonds. The number of hydrogen-bond donors (Lipinski definition) is 4. The lowest BCUT2D eigenvalue weighted by molar-refractivity contribution is -0.330. The number of fused-ring (bicyclic) bond motifs is 1. The third-order valence-corrected chi connectivity index (χ3v) is 3.18. The maximum atomic E-state index is 11.1. The number of hydrogen-bond acceptors (Lipinski definition) is 7. The molecule has 21 heavy (non-hydrogen) atoms. The molecule has 0 aliphatic carbocycles. The fourth-order valence-electron chi connectivity index (χ4n) is 2.10. The molecule has 0 fully saturated rings. The fraction of sp³-hybridized carbons (Fsp3) is 0.357. The van der Waals surface area contributed by atoms with Crippen LogP contribution in [0.25, 0.3) is 11.0 Å². The average molecular weight is 296 g/mol. The van der Waals surface area contributed by atoms with Crippen LogP contribution in [0.4, 0.5) is 0 Å². The number of aliphatic hydroxyl groups excluding tert-OH is 1. The van der Waals surface area contributed by atoms with Gasteiger partial charge in [-0.1, -0.05) is 0 Å². The Hall–Kier alpha value is -1.93. The first-order valence-electron chi connectivity index (χ1n) is 6.21. The summed E-state index contributed by atoms with van der Waals surface area (Å²) in [5.41, 5.74) is -1.94. The summed E-state index contributed by atoms with van der Waals surface area (Å²) in [7, 11) is 0. The molecule has 2 aromatic rings. The third kappa shape index (κ3) is 3.06. The summed E-state index contributed by atoms with van der Waals surface area (Å²) < 4.78 is 4.90. The maximum absolute atomic E-state index is 11.1. The Morgan fingerprint density at radius 2 is 1.95 bits per heavy atom. The van der Waals surface area contributed by atoms with E-state index in [1.807, 2.05) is 0 Å². The molecular formula is C14H16O7. The van der Waals surface area contributed by atoms with E-state index < -0.39 is 23.4 Å². The van der Waals surface area contributed by atoms with Crippen molar-refractivity contribution in [1.29, 1.82) is 0 Å². The second-order valence-electron chi connectivity index (χ2n) is 5.33. The lowest BCUT2D eigenvalue weighted by atomic mass is 9.91. The molecular weight excluding hydrogens is 280 g/mol. The number of aromatic hydroxyl groups is 1. The number of aliphatic hydroxyl groups is 2. The Morgan fingerprint density at radius 1 is 1.29 bits per heavy atom. The molecule has 0 saturated heterocycles. The first-order chi connectivity index (χ1) is 9.74. The summed E-state index contributed by atoms with van der Waals surface area (Å²) in [5.74, 6) is -0.351. The fourth-order valence-corrected chi connectivity index (χ4v) is 2.10. The molecule has 7 heteroatoms. The lowest BCUT2D eigenvalue weighted by Crippen LogP contribution is -2.42. The zero-order valence-corrected chi connectivity index (χ0v) is 11.5. The highest BCUT2D eigenvalue weighted by molar-refractivity contribution is 5.79. The van der Waals surface area contributed by atoms with Crippen LogP contribution in [0.15, 0.2) is 33.5 Å². The van der Waals surface area contributed by atoms with E-state index in [9.17, 15) is 20.1 Å². The summed E-state index contributed by atoms with van der Waals surface area (Å²) in [5, 5.41) is 39.4. The van der Waals surface area contributed by atoms with E-state index in [2.05, 4.69) is 4.89 Å². The van der Waals surface area contributed by atoms with Crippen molar-refractivity contribution in [2.75, 3.05) is 0 Å². The standard InChI is InChI=1S/C14H16O7/c1-14(2,18)13(21-19)12(17)8-5-7-3-4-11(16)20-10(7)6-9(8)15/h3-6,12-13,15,17-19H,1-2H3. The van der Waals surface area contributed by atoms with Gasteiger partial charge < -0.3 is 19.7 Å². The predicted molar refractivity (Wildman–Crippen MR) is 72.9 cm³/mol. The summed E-state index contributed by atoms with van der Waals surface area (Å²) >= 11 is 0. The van der Waals surface area contributed by atoms with E-state index in [0.717, 1.165) is 0 Å². The Balaban J connectivity index is 2.53. The van der Waals surface area contributed by atoms with Gasteiger partial charge in [-0.25, -0.2) is 9.68 Å². The van der Waals surface area contributed by atoms with Crippen LogP contribution in [0, 0.1) is 0 Å². The molecule has 1 heterocycles. The molecule has 114 valence electrons. The van der Waals surface area contributed by atoms with Crippen molar-refractivity contribution in [1.82, 2.24) is 0 Å². The summed E-state index contributed by atoms with van der Waals surface area (Å²) in [6, 6.07) is 5.23. The molecule has 0 aliphatic rings. The Morgan fingerprint density at radius 3 is 2.52 bits per heavy atom. The van der Waals surface area contributed by atoms with Crippen LogP contribution in [0.5, 0.6) is 5.75 Å². The van der Waals surface area contributed by atoms with Crippen LogP contribution in [-0.2, 0) is 4.89 Å². The van der Waals surface area contributed by atoms with Crippen LogP contribution in [-0.4, -0.2) is 32.3 Å². The van der Waals surface area contributed by atoms with Gasteiger partial charge in [0.1, 0.15) is 17.4 Å². The molecule has 1 aromatic heterocycles. The molecule has 1 aromatic carbocycles. The second-order valence-corrected chi connectivity index (χ2v) is 5.33. The van der Waals surface area contributed by atoms with E-state index >= 15 is 0 Å². The van der Waals surface area contributed by atoms with Crippen molar-refractivity contribution < 1.29 is 29.9 Å². The normalized spacial score (nSPS) is 15.1. The highest BCUT2D eigenvalue weighted by Gasteiger charge is 2.37. The van der Waals surface area contributed by atoms with E-state index in [4.69, 9.17) is 9.67 Å². The van der Waals surface area contributed by atoms with Gasteiger partial charge in [-0.2, -0.15) is 0 Å². The minimum atomic E-state index is -1.56. The molecule has 2 atom stereocenters. The second kappa shape index (κ2) is 5.45. The SMILES string of the molecule is CC(C)(O)C(OO)C(O)c1cc2ccc(=O)oc2cc1O. The van der Waals surface area contributed by atoms with Gasteiger partial charge in [0.15, 0.2) is 6.10 Å². The summed E-state index contributed by atoms with van der Waals surface area (Å²) in [6.07, 6.45) is -2.87. The van der Waals surface area contributed by atoms with Gasteiger partial charge in [-0.15, -0.1) is 0 Å². The van der Waals surface area contributed by atoms with Crippen molar-refractivity contribution in [3.63, 3.8) is 0 Å². The largest absolute Gasteiger partial charge is 0.507 e. The van der Waals surface area contributed by atoms with Crippen molar-refractivity contribution in [2.45, 2.75) is 31.7 Å². The first-order valence-corrected chi connectivity index (χ1v) is 6.21. The maximum Gasteiger partial charge on any atom is 0.336 e. The number of phenolic OH excluding ortho intramolecular Hbond substituents is 1. The average Bonchev–Trinajstić information content (AvgIpc) is 2.36. The molecule has 0 spiro atoms. The predicted octanol–water partition coefficient (Wildman–Crippen LogP) is 1.16. The smallest absolute Gasteiger partial charge is 0.336 e. The van der Waals surface area contributed by atoms with Crippen LogP contribution in [0.3, 0.4) is 0 Å². The van der Waals surface area contributed by atoms with Crippen molar-refractivity contribution in [2.24, 2.45) is 0 Å². The molecule has 2 unspecified atom stereocenters. The van der Waals surface area contributed by atoms with E-state index in [-0.39, 0.29) is 16.9 Å². The minimum Gasteiger partial charge on any atom is -0.507 e. The van der Waals surface area contributed by atoms with Crippen molar-refractivity contribution in [3.05, 3.63) is 40.2 Å². The molecule has 0 radical (unpaired) electrons. The minimum absolute atomic E-state index is 0.0255. The quantitative estimate of drug-likeness (QED) is 0.379. The molecule has 0 bridgehead atoms. The van der Waals surface area contributed by atoms with Gasteiger partial charge in [-0.05, 0) is 26.0 Å². The Labute approximate surface area is 119 Å². The van der Waals surface area contributed by atoms with Crippen molar-refractivity contribution in [3.8, 4) is 5.75 Å².